The second-order valence-electron chi connectivity index (χ2n) is 4.32. The lowest BCUT2D eigenvalue weighted by molar-refractivity contribution is 0.104. The third kappa shape index (κ3) is 2.09. The minimum Gasteiger partial charge on any atom is -0.360 e. The predicted molar refractivity (Wildman–Crippen MR) is 78.2 cm³/mol. The highest BCUT2D eigenvalue weighted by atomic mass is 35.5. The maximum absolute atomic E-state index is 13.3. The number of fused-ring (bicyclic) bond motifs is 1. The Bertz CT molecular complexity index is 826. The Kier molecular flexibility index (Phi) is 3.24. The first kappa shape index (κ1) is 13.2. The number of aromatic nitrogens is 1. The molecule has 0 bridgehead atoms. The van der Waals surface area contributed by atoms with Crippen LogP contribution in [-0.4, -0.2) is 10.8 Å². The summed E-state index contributed by atoms with van der Waals surface area (Å²) in [6.45, 7) is 0. The minimum atomic E-state index is -0.400. The lowest BCUT2D eigenvalue weighted by Crippen LogP contribution is -2.01. The molecule has 0 aliphatic carbocycles. The molecule has 1 heterocycles. The highest BCUT2D eigenvalue weighted by molar-refractivity contribution is 6.44. The molecule has 5 heteroatoms. The number of halogens is 3. The number of hydrogen-bond donors (Lipinski definition) is 1. The van der Waals surface area contributed by atoms with E-state index in [1.54, 1.807) is 30.5 Å². The first-order valence-corrected chi connectivity index (χ1v) is 6.59. The molecule has 1 N–H and O–H groups in total. The zero-order valence-corrected chi connectivity index (χ0v) is 11.6. The van der Waals surface area contributed by atoms with Crippen molar-refractivity contribution in [3.63, 3.8) is 0 Å². The van der Waals surface area contributed by atoms with E-state index in [1.807, 2.05) is 0 Å². The molecule has 0 atom stereocenters. The smallest absolute Gasteiger partial charge is 0.196 e. The van der Waals surface area contributed by atoms with Gasteiger partial charge >= 0.3 is 0 Å². The zero-order valence-electron chi connectivity index (χ0n) is 10.1. The molecule has 0 amide bonds. The molecule has 0 unspecified atom stereocenters. The van der Waals surface area contributed by atoms with Crippen molar-refractivity contribution < 1.29 is 9.18 Å². The van der Waals surface area contributed by atoms with Crippen molar-refractivity contribution in [1.82, 2.24) is 4.98 Å². The van der Waals surface area contributed by atoms with E-state index in [0.717, 1.165) is 0 Å². The Morgan fingerprint density at radius 2 is 1.90 bits per heavy atom. The topological polar surface area (TPSA) is 32.9 Å². The fraction of sp³-hybridized carbons (Fsp3) is 0. The maximum atomic E-state index is 13.3. The number of hydrogen-bond acceptors (Lipinski definition) is 1. The van der Waals surface area contributed by atoms with Crippen LogP contribution in [0.3, 0.4) is 0 Å². The summed E-state index contributed by atoms with van der Waals surface area (Å²) in [5, 5.41) is 1.03. The standard InChI is InChI=1S/C15H8Cl2FNO/c16-12-3-1-2-9(14(12)17)15(20)11-7-19-13-5-4-8(18)6-10(11)13/h1-7,19H. The maximum Gasteiger partial charge on any atom is 0.196 e. The molecule has 1 aromatic heterocycles. The lowest BCUT2D eigenvalue weighted by Gasteiger charge is -2.04. The molecule has 0 radical (unpaired) electrons. The van der Waals surface area contributed by atoms with Crippen molar-refractivity contribution in [3.05, 3.63) is 69.6 Å². The third-order valence-corrected chi connectivity index (χ3v) is 3.90. The van der Waals surface area contributed by atoms with E-state index in [4.69, 9.17) is 23.2 Å². The van der Waals surface area contributed by atoms with Gasteiger partial charge in [0.2, 0.25) is 0 Å². The van der Waals surface area contributed by atoms with E-state index in [1.165, 1.54) is 12.1 Å². The van der Waals surface area contributed by atoms with E-state index in [9.17, 15) is 9.18 Å². The average molecular weight is 308 g/mol. The SMILES string of the molecule is O=C(c1cccc(Cl)c1Cl)c1c[nH]c2ccc(F)cc12. The van der Waals surface area contributed by atoms with Gasteiger partial charge < -0.3 is 4.98 Å². The van der Waals surface area contributed by atoms with Gasteiger partial charge in [0.15, 0.2) is 5.78 Å². The van der Waals surface area contributed by atoms with Crippen LogP contribution in [0.4, 0.5) is 4.39 Å². The van der Waals surface area contributed by atoms with E-state index in [-0.39, 0.29) is 10.8 Å². The van der Waals surface area contributed by atoms with Gasteiger partial charge in [0.05, 0.1) is 10.0 Å². The molecule has 0 spiro atoms. The van der Waals surface area contributed by atoms with Crippen molar-refractivity contribution in [2.45, 2.75) is 0 Å². The lowest BCUT2D eigenvalue weighted by atomic mass is 10.0. The zero-order chi connectivity index (χ0) is 14.3. The Morgan fingerprint density at radius 3 is 2.70 bits per heavy atom. The highest BCUT2D eigenvalue weighted by Crippen LogP contribution is 2.29. The molecule has 20 heavy (non-hydrogen) atoms. The van der Waals surface area contributed by atoms with Gasteiger partial charge in [-0.05, 0) is 30.3 Å². The number of carbonyl (C=O) groups is 1. The molecule has 100 valence electrons. The molecular formula is C15H8Cl2FNO. The van der Waals surface area contributed by atoms with Gasteiger partial charge in [-0.3, -0.25) is 4.79 Å². The van der Waals surface area contributed by atoms with Gasteiger partial charge in [-0.1, -0.05) is 29.3 Å². The van der Waals surface area contributed by atoms with Gasteiger partial charge in [0, 0.05) is 28.2 Å². The Morgan fingerprint density at radius 1 is 1.10 bits per heavy atom. The fourth-order valence-corrected chi connectivity index (χ4v) is 2.49. The van der Waals surface area contributed by atoms with Crippen molar-refractivity contribution in [1.29, 1.82) is 0 Å². The number of benzene rings is 2. The van der Waals surface area contributed by atoms with Crippen LogP contribution in [0, 0.1) is 5.82 Å². The summed E-state index contributed by atoms with van der Waals surface area (Å²) in [6.07, 6.45) is 1.55. The van der Waals surface area contributed by atoms with Crippen molar-refractivity contribution in [2.75, 3.05) is 0 Å². The Balaban J connectivity index is 2.18. The summed E-state index contributed by atoms with van der Waals surface area (Å²) < 4.78 is 13.3. The second kappa shape index (κ2) is 4.93. The van der Waals surface area contributed by atoms with Gasteiger partial charge in [0.1, 0.15) is 5.82 Å². The summed E-state index contributed by atoms with van der Waals surface area (Å²) in [5.41, 5.74) is 1.35. The quantitative estimate of drug-likeness (QED) is 0.675. The molecule has 2 nitrogen and oxygen atoms in total. The van der Waals surface area contributed by atoms with Crippen molar-refractivity contribution in [2.24, 2.45) is 0 Å². The predicted octanol–water partition coefficient (Wildman–Crippen LogP) is 4.84. The molecule has 0 fully saturated rings. The molecule has 0 aliphatic rings. The van der Waals surface area contributed by atoms with Crippen LogP contribution in [0.2, 0.25) is 10.0 Å². The second-order valence-corrected chi connectivity index (χ2v) is 5.11. The summed E-state index contributed by atoms with van der Waals surface area (Å²) in [5.74, 6) is -0.697. The van der Waals surface area contributed by atoms with Crippen molar-refractivity contribution >= 4 is 39.9 Å². The number of rotatable bonds is 2. The summed E-state index contributed by atoms with van der Waals surface area (Å²) in [6, 6.07) is 9.08. The molecule has 0 saturated heterocycles. The normalized spacial score (nSPS) is 10.9. The van der Waals surface area contributed by atoms with Crippen LogP contribution in [-0.2, 0) is 0 Å². The number of carbonyl (C=O) groups excluding carboxylic acids is 1. The molecule has 0 saturated carbocycles. The van der Waals surface area contributed by atoms with Crippen LogP contribution in [0.1, 0.15) is 15.9 Å². The number of ketones is 1. The van der Waals surface area contributed by atoms with E-state index in [2.05, 4.69) is 4.98 Å². The van der Waals surface area contributed by atoms with Crippen LogP contribution in [0.15, 0.2) is 42.6 Å². The van der Waals surface area contributed by atoms with Gasteiger partial charge in [-0.2, -0.15) is 0 Å². The molecular weight excluding hydrogens is 300 g/mol. The highest BCUT2D eigenvalue weighted by Gasteiger charge is 2.18. The van der Waals surface area contributed by atoms with Gasteiger partial charge in [0.25, 0.3) is 0 Å². The summed E-state index contributed by atoms with van der Waals surface area (Å²) in [7, 11) is 0. The van der Waals surface area contributed by atoms with Crippen LogP contribution in [0.25, 0.3) is 10.9 Å². The van der Waals surface area contributed by atoms with Crippen LogP contribution < -0.4 is 0 Å². The first-order valence-electron chi connectivity index (χ1n) is 5.83. The summed E-state index contributed by atoms with van der Waals surface area (Å²) in [4.78, 5) is 15.5. The summed E-state index contributed by atoms with van der Waals surface area (Å²) >= 11 is 12.0. The number of nitrogens with one attached hydrogen (secondary N) is 1. The third-order valence-electron chi connectivity index (χ3n) is 3.08. The monoisotopic (exact) mass is 307 g/mol. The van der Waals surface area contributed by atoms with Crippen molar-refractivity contribution in [3.8, 4) is 0 Å². The minimum absolute atomic E-state index is 0.199. The van der Waals surface area contributed by atoms with E-state index in [0.29, 0.717) is 27.1 Å². The number of H-pyrrole nitrogens is 1. The van der Waals surface area contributed by atoms with Gasteiger partial charge in [-0.15, -0.1) is 0 Å². The van der Waals surface area contributed by atoms with E-state index >= 15 is 0 Å². The van der Waals surface area contributed by atoms with E-state index < -0.39 is 5.82 Å². The molecule has 3 rings (SSSR count). The first-order chi connectivity index (χ1) is 9.58. The molecule has 3 aromatic rings. The fourth-order valence-electron chi connectivity index (χ4n) is 2.10. The molecule has 2 aromatic carbocycles. The van der Waals surface area contributed by atoms with Crippen LogP contribution >= 0.6 is 23.2 Å². The molecule has 0 aliphatic heterocycles. The van der Waals surface area contributed by atoms with Crippen LogP contribution in [0.5, 0.6) is 0 Å². The average Bonchev–Trinajstić information content (AvgIpc) is 2.84. The Hall–Kier alpha value is -1.84. The van der Waals surface area contributed by atoms with Gasteiger partial charge in [-0.25, -0.2) is 4.39 Å². The largest absolute Gasteiger partial charge is 0.360 e. The number of aromatic amines is 1. The Labute approximate surface area is 124 Å².